The summed E-state index contributed by atoms with van der Waals surface area (Å²) in [6, 6.07) is 10.5. The standard InChI is InChI=1S/C16H16N4O3S/c1-19(2)14-8-10-17-15-13(14)9-11-20(15)16(21)18-24(22,23)12-6-4-3-5-7-12/h3-11H,1-2H3,(H,18,21). The van der Waals surface area contributed by atoms with Crippen molar-refractivity contribution in [1.82, 2.24) is 14.3 Å². The van der Waals surface area contributed by atoms with Crippen LogP contribution in [0, 0.1) is 0 Å². The van der Waals surface area contributed by atoms with Crippen molar-refractivity contribution < 1.29 is 13.2 Å². The number of sulfonamides is 1. The van der Waals surface area contributed by atoms with Crippen LogP contribution in [0.25, 0.3) is 11.0 Å². The zero-order chi connectivity index (χ0) is 17.3. The number of aromatic nitrogens is 2. The van der Waals surface area contributed by atoms with Crippen molar-refractivity contribution in [2.24, 2.45) is 0 Å². The van der Waals surface area contributed by atoms with E-state index < -0.39 is 16.1 Å². The van der Waals surface area contributed by atoms with Gasteiger partial charge in [0.25, 0.3) is 10.0 Å². The zero-order valence-electron chi connectivity index (χ0n) is 13.2. The lowest BCUT2D eigenvalue weighted by molar-refractivity contribution is 0.248. The Bertz CT molecular complexity index is 995. The quantitative estimate of drug-likeness (QED) is 0.786. The summed E-state index contributed by atoms with van der Waals surface area (Å²) in [7, 11) is -0.177. The molecule has 0 fully saturated rings. The molecular formula is C16H16N4O3S. The van der Waals surface area contributed by atoms with Crippen LogP contribution in [0.2, 0.25) is 0 Å². The van der Waals surface area contributed by atoms with Gasteiger partial charge >= 0.3 is 6.03 Å². The molecule has 0 radical (unpaired) electrons. The Morgan fingerprint density at radius 2 is 1.83 bits per heavy atom. The molecule has 7 nitrogen and oxygen atoms in total. The molecule has 8 heteroatoms. The summed E-state index contributed by atoms with van der Waals surface area (Å²) in [4.78, 5) is 18.5. The van der Waals surface area contributed by atoms with E-state index in [0.717, 1.165) is 11.1 Å². The van der Waals surface area contributed by atoms with E-state index in [4.69, 9.17) is 0 Å². The lowest BCUT2D eigenvalue weighted by atomic mass is 10.3. The lowest BCUT2D eigenvalue weighted by Crippen LogP contribution is -2.33. The first-order valence-corrected chi connectivity index (χ1v) is 8.64. The third-order valence-electron chi connectivity index (χ3n) is 3.54. The Morgan fingerprint density at radius 1 is 1.12 bits per heavy atom. The minimum absolute atomic E-state index is 0.0248. The van der Waals surface area contributed by atoms with Gasteiger partial charge in [-0.05, 0) is 24.3 Å². The molecule has 24 heavy (non-hydrogen) atoms. The van der Waals surface area contributed by atoms with Crippen molar-refractivity contribution in [1.29, 1.82) is 0 Å². The van der Waals surface area contributed by atoms with Gasteiger partial charge in [0.05, 0.1) is 4.90 Å². The average Bonchev–Trinajstić information content (AvgIpc) is 2.99. The van der Waals surface area contributed by atoms with Crippen LogP contribution in [-0.4, -0.2) is 38.1 Å². The summed E-state index contributed by atoms with van der Waals surface area (Å²) in [5.41, 5.74) is 1.28. The molecule has 0 aliphatic carbocycles. The maximum absolute atomic E-state index is 12.4. The highest BCUT2D eigenvalue weighted by Gasteiger charge is 2.20. The van der Waals surface area contributed by atoms with Crippen molar-refractivity contribution in [3.05, 3.63) is 54.9 Å². The fourth-order valence-electron chi connectivity index (χ4n) is 2.40. The van der Waals surface area contributed by atoms with Crippen LogP contribution in [0.1, 0.15) is 0 Å². The van der Waals surface area contributed by atoms with Gasteiger partial charge in [-0.25, -0.2) is 22.9 Å². The second-order valence-corrected chi connectivity index (χ2v) is 7.05. The predicted molar refractivity (Wildman–Crippen MR) is 91.6 cm³/mol. The number of rotatable bonds is 3. The van der Waals surface area contributed by atoms with Crippen LogP contribution in [-0.2, 0) is 10.0 Å². The van der Waals surface area contributed by atoms with E-state index in [1.807, 2.05) is 25.1 Å². The normalized spacial score (nSPS) is 11.4. The van der Waals surface area contributed by atoms with E-state index in [-0.39, 0.29) is 4.90 Å². The molecule has 1 N–H and O–H groups in total. The van der Waals surface area contributed by atoms with Gasteiger partial charge in [-0.1, -0.05) is 18.2 Å². The number of nitrogens with zero attached hydrogens (tertiary/aromatic N) is 3. The highest BCUT2D eigenvalue weighted by atomic mass is 32.2. The molecule has 0 saturated heterocycles. The van der Waals surface area contributed by atoms with Crippen LogP contribution >= 0.6 is 0 Å². The molecule has 2 heterocycles. The number of nitrogens with one attached hydrogen (secondary N) is 1. The molecule has 0 atom stereocenters. The summed E-state index contributed by atoms with van der Waals surface area (Å²) in [5.74, 6) is 0. The van der Waals surface area contributed by atoms with Gasteiger partial charge < -0.3 is 4.90 Å². The number of fused-ring (bicyclic) bond motifs is 1. The van der Waals surface area contributed by atoms with Gasteiger partial charge in [-0.2, -0.15) is 0 Å². The van der Waals surface area contributed by atoms with Gasteiger partial charge in [-0.15, -0.1) is 0 Å². The Morgan fingerprint density at radius 3 is 2.50 bits per heavy atom. The summed E-state index contributed by atoms with van der Waals surface area (Å²) in [5, 5.41) is 0.759. The van der Waals surface area contributed by atoms with Crippen molar-refractivity contribution in [2.45, 2.75) is 4.90 Å². The number of carbonyl (C=O) groups excluding carboxylic acids is 1. The predicted octanol–water partition coefficient (Wildman–Crippen LogP) is 2.05. The van der Waals surface area contributed by atoms with Gasteiger partial charge in [0.1, 0.15) is 5.65 Å². The van der Waals surface area contributed by atoms with Crippen molar-refractivity contribution in [3.63, 3.8) is 0 Å². The van der Waals surface area contributed by atoms with Crippen LogP contribution in [0.5, 0.6) is 0 Å². The van der Waals surface area contributed by atoms with Gasteiger partial charge in [-0.3, -0.25) is 4.57 Å². The molecule has 0 saturated carbocycles. The highest BCUT2D eigenvalue weighted by molar-refractivity contribution is 7.90. The fraction of sp³-hybridized carbons (Fsp3) is 0.125. The van der Waals surface area contributed by atoms with Gasteiger partial charge in [0.15, 0.2) is 0 Å². The third kappa shape index (κ3) is 2.83. The maximum Gasteiger partial charge on any atom is 0.341 e. The summed E-state index contributed by atoms with van der Waals surface area (Å²) in [6.45, 7) is 0. The molecule has 1 aromatic carbocycles. The first kappa shape index (κ1) is 16.0. The molecule has 0 aliphatic rings. The molecule has 0 aliphatic heterocycles. The molecular weight excluding hydrogens is 328 g/mol. The minimum Gasteiger partial charge on any atom is -0.377 e. The lowest BCUT2D eigenvalue weighted by Gasteiger charge is -2.13. The Kier molecular flexibility index (Phi) is 3.98. The molecule has 124 valence electrons. The van der Waals surface area contributed by atoms with Crippen LogP contribution in [0.3, 0.4) is 0 Å². The van der Waals surface area contributed by atoms with E-state index in [2.05, 4.69) is 9.71 Å². The molecule has 1 amide bonds. The van der Waals surface area contributed by atoms with Crippen LogP contribution < -0.4 is 9.62 Å². The number of carbonyl (C=O) groups is 1. The largest absolute Gasteiger partial charge is 0.377 e. The van der Waals surface area contributed by atoms with E-state index in [0.29, 0.717) is 5.65 Å². The van der Waals surface area contributed by atoms with E-state index in [9.17, 15) is 13.2 Å². The summed E-state index contributed by atoms with van der Waals surface area (Å²) in [6.07, 6.45) is 3.08. The number of benzene rings is 1. The van der Waals surface area contributed by atoms with E-state index in [1.165, 1.54) is 22.9 Å². The number of hydrogen-bond acceptors (Lipinski definition) is 5. The van der Waals surface area contributed by atoms with Crippen LogP contribution in [0.15, 0.2) is 59.8 Å². The second kappa shape index (κ2) is 5.97. The first-order valence-electron chi connectivity index (χ1n) is 7.16. The first-order chi connectivity index (χ1) is 11.4. The minimum atomic E-state index is -3.94. The SMILES string of the molecule is CN(C)c1ccnc2c1ccn2C(=O)NS(=O)(=O)c1ccccc1. The van der Waals surface area contributed by atoms with Gasteiger partial charge in [0.2, 0.25) is 0 Å². The molecule has 2 aromatic heterocycles. The highest BCUT2D eigenvalue weighted by Crippen LogP contribution is 2.24. The van der Waals surface area contributed by atoms with Crippen molar-refractivity contribution in [2.75, 3.05) is 19.0 Å². The van der Waals surface area contributed by atoms with E-state index in [1.54, 1.807) is 30.5 Å². The number of anilines is 1. The molecule has 0 bridgehead atoms. The summed E-state index contributed by atoms with van der Waals surface area (Å²) >= 11 is 0. The van der Waals surface area contributed by atoms with Gasteiger partial charge in [0, 0.05) is 37.6 Å². The molecule has 0 unspecified atom stereocenters. The van der Waals surface area contributed by atoms with Crippen LogP contribution in [0.4, 0.5) is 10.5 Å². The molecule has 0 spiro atoms. The number of hydrogen-bond donors (Lipinski definition) is 1. The summed E-state index contributed by atoms with van der Waals surface area (Å²) < 4.78 is 27.8. The second-order valence-electron chi connectivity index (χ2n) is 5.37. The maximum atomic E-state index is 12.4. The average molecular weight is 344 g/mol. The topological polar surface area (TPSA) is 84.3 Å². The molecule has 3 rings (SSSR count). The Labute approximate surface area is 139 Å². The third-order valence-corrected chi connectivity index (χ3v) is 4.88. The molecule has 3 aromatic rings. The smallest absolute Gasteiger partial charge is 0.341 e. The Hall–Kier alpha value is -2.87. The number of amides is 1. The number of pyridine rings is 1. The van der Waals surface area contributed by atoms with Crippen molar-refractivity contribution in [3.8, 4) is 0 Å². The monoisotopic (exact) mass is 344 g/mol. The van der Waals surface area contributed by atoms with Crippen molar-refractivity contribution >= 4 is 32.8 Å². The zero-order valence-corrected chi connectivity index (χ0v) is 14.0. The fourth-order valence-corrected chi connectivity index (χ4v) is 3.36. The Balaban J connectivity index is 1.97. The van der Waals surface area contributed by atoms with E-state index >= 15 is 0 Å².